The summed E-state index contributed by atoms with van der Waals surface area (Å²) < 4.78 is 0. The number of aliphatic hydroxyl groups is 1. The van der Waals surface area contributed by atoms with Crippen molar-refractivity contribution in [2.24, 2.45) is 34.2 Å². The van der Waals surface area contributed by atoms with Crippen molar-refractivity contribution in [1.29, 1.82) is 0 Å². The van der Waals surface area contributed by atoms with Crippen LogP contribution in [0.15, 0.2) is 4.99 Å². The quantitative estimate of drug-likeness (QED) is 0.0732. The summed E-state index contributed by atoms with van der Waals surface area (Å²) in [6, 6.07) is -0.380. The molecule has 1 aliphatic rings. The summed E-state index contributed by atoms with van der Waals surface area (Å²) in [4.78, 5) is 16.1. The predicted octanol–water partition coefficient (Wildman–Crippen LogP) is 5.59. The lowest BCUT2D eigenvalue weighted by molar-refractivity contribution is -0.145. The van der Waals surface area contributed by atoms with Crippen LogP contribution in [0.2, 0.25) is 0 Å². The molecule has 7 nitrogen and oxygen atoms in total. The van der Waals surface area contributed by atoms with E-state index in [4.69, 9.17) is 11.5 Å². The van der Waals surface area contributed by atoms with Crippen LogP contribution in [-0.2, 0) is 4.79 Å². The zero-order chi connectivity index (χ0) is 26.8. The van der Waals surface area contributed by atoms with Gasteiger partial charge in [-0.25, -0.2) is 4.99 Å². The van der Waals surface area contributed by atoms with Crippen LogP contribution in [0.5, 0.6) is 0 Å². The summed E-state index contributed by atoms with van der Waals surface area (Å²) in [5.74, 6) is -1.82. The molecule has 0 amide bonds. The third-order valence-electron chi connectivity index (χ3n) is 8.26. The van der Waals surface area contributed by atoms with E-state index >= 15 is 0 Å². The molecule has 1 fully saturated rings. The van der Waals surface area contributed by atoms with Crippen LogP contribution in [0, 0.1) is 17.8 Å². The second-order valence-corrected chi connectivity index (χ2v) is 11.0. The summed E-state index contributed by atoms with van der Waals surface area (Å²) in [6.45, 7) is 7.45. The molecule has 1 saturated carbocycles. The number of carboxylic acid groups (broad SMARTS) is 1. The number of nitrogens with zero attached hydrogens (tertiary/aromatic N) is 1. The summed E-state index contributed by atoms with van der Waals surface area (Å²) in [5, 5.41) is 24.3. The summed E-state index contributed by atoms with van der Waals surface area (Å²) in [6.07, 6.45) is 19.9. The first-order valence-electron chi connectivity index (χ1n) is 15.1. The highest BCUT2D eigenvalue weighted by Gasteiger charge is 2.50. The molecule has 0 aliphatic heterocycles. The number of hydrogen-bond acceptors (Lipinski definition) is 4. The van der Waals surface area contributed by atoms with Gasteiger partial charge < -0.3 is 27.0 Å². The Morgan fingerprint density at radius 2 is 1.33 bits per heavy atom. The van der Waals surface area contributed by atoms with Gasteiger partial charge >= 0.3 is 5.97 Å². The van der Waals surface area contributed by atoms with E-state index in [9.17, 15) is 15.0 Å². The Balaban J connectivity index is 2.39. The first-order chi connectivity index (χ1) is 17.4. The minimum Gasteiger partial charge on any atom is -0.481 e. The highest BCUT2D eigenvalue weighted by molar-refractivity contribution is 5.76. The molecule has 0 heterocycles. The highest BCUT2D eigenvalue weighted by Crippen LogP contribution is 2.39. The van der Waals surface area contributed by atoms with Crippen molar-refractivity contribution < 1.29 is 15.0 Å². The number of nitrogens with two attached hydrogens (primary N) is 2. The molecule has 5 atom stereocenters. The van der Waals surface area contributed by atoms with Crippen LogP contribution in [-0.4, -0.2) is 46.9 Å². The third kappa shape index (κ3) is 12.3. The molecule has 0 radical (unpaired) electrons. The van der Waals surface area contributed by atoms with Gasteiger partial charge in [-0.2, -0.15) is 0 Å². The molecule has 7 N–H and O–H groups in total. The van der Waals surface area contributed by atoms with E-state index in [0.29, 0.717) is 5.92 Å². The molecule has 36 heavy (non-hydrogen) atoms. The van der Waals surface area contributed by atoms with E-state index in [0.717, 1.165) is 25.8 Å². The van der Waals surface area contributed by atoms with Gasteiger partial charge in [-0.1, -0.05) is 117 Å². The summed E-state index contributed by atoms with van der Waals surface area (Å²) >= 11 is 0. The first kappa shape index (κ1) is 32.7. The number of carbonyl (C=O) groups is 1. The maximum Gasteiger partial charge on any atom is 0.309 e. The van der Waals surface area contributed by atoms with Crippen molar-refractivity contribution in [3.05, 3.63) is 0 Å². The smallest absolute Gasteiger partial charge is 0.309 e. The van der Waals surface area contributed by atoms with Gasteiger partial charge in [0.25, 0.3) is 0 Å². The van der Waals surface area contributed by atoms with Gasteiger partial charge in [0.05, 0.1) is 18.1 Å². The maximum absolute atomic E-state index is 11.7. The molecule has 0 aromatic heterocycles. The van der Waals surface area contributed by atoms with Crippen molar-refractivity contribution in [2.45, 2.75) is 148 Å². The zero-order valence-corrected chi connectivity index (χ0v) is 23.6. The molecule has 7 heteroatoms. The van der Waals surface area contributed by atoms with Gasteiger partial charge in [-0.05, 0) is 25.3 Å². The average Bonchev–Trinajstić information content (AvgIpc) is 3.16. The fraction of sp³-hybridized carbons (Fsp3) is 0.931. The van der Waals surface area contributed by atoms with Crippen LogP contribution in [0.25, 0.3) is 0 Å². The SMILES string of the molecule is CCCCCCCCCCCCCCCCN[C@@H](C(CC)CC)[C@H]1[C@H](O)[C@@H](C(=O)O)C[C@H]1N=C(N)N. The molecule has 0 spiro atoms. The van der Waals surface area contributed by atoms with Crippen LogP contribution in [0.1, 0.15) is 130 Å². The molecular weight excluding hydrogens is 452 g/mol. The second-order valence-electron chi connectivity index (χ2n) is 11.0. The van der Waals surface area contributed by atoms with Crippen LogP contribution < -0.4 is 16.8 Å². The molecule has 0 unspecified atom stereocenters. The van der Waals surface area contributed by atoms with Crippen LogP contribution in [0.3, 0.4) is 0 Å². The fourth-order valence-electron chi connectivity index (χ4n) is 6.08. The lowest BCUT2D eigenvalue weighted by Crippen LogP contribution is -2.49. The van der Waals surface area contributed by atoms with Gasteiger partial charge in [0, 0.05) is 12.0 Å². The molecular formula is C29H58N4O3. The number of guanidine groups is 1. The van der Waals surface area contributed by atoms with E-state index in [1.807, 2.05) is 0 Å². The number of aliphatic hydroxyl groups excluding tert-OH is 1. The summed E-state index contributed by atoms with van der Waals surface area (Å²) in [5.41, 5.74) is 11.3. The number of rotatable bonds is 22. The molecule has 0 aromatic carbocycles. The first-order valence-corrected chi connectivity index (χ1v) is 15.1. The van der Waals surface area contributed by atoms with Gasteiger partial charge in [0.2, 0.25) is 0 Å². The maximum atomic E-state index is 11.7. The molecule has 212 valence electrons. The predicted molar refractivity (Wildman–Crippen MR) is 151 cm³/mol. The Labute approximate surface area is 221 Å². The Morgan fingerprint density at radius 3 is 1.75 bits per heavy atom. The third-order valence-corrected chi connectivity index (χ3v) is 8.26. The topological polar surface area (TPSA) is 134 Å². The van der Waals surface area contributed by atoms with Crippen LogP contribution in [0.4, 0.5) is 0 Å². The Hall–Kier alpha value is -1.34. The molecule has 0 aromatic rings. The lowest BCUT2D eigenvalue weighted by Gasteiger charge is -2.36. The Bertz CT molecular complexity index is 593. The number of unbranched alkanes of at least 4 members (excludes halogenated alkanes) is 13. The van der Waals surface area contributed by atoms with E-state index in [2.05, 4.69) is 31.1 Å². The Morgan fingerprint density at radius 1 is 0.861 bits per heavy atom. The fourth-order valence-corrected chi connectivity index (χ4v) is 6.08. The average molecular weight is 511 g/mol. The number of hydrogen-bond donors (Lipinski definition) is 5. The normalized spacial score (nSPS) is 22.7. The minimum atomic E-state index is -0.976. The summed E-state index contributed by atoms with van der Waals surface area (Å²) in [7, 11) is 0. The lowest BCUT2D eigenvalue weighted by atomic mass is 9.80. The number of carboxylic acids is 1. The van der Waals surface area contributed by atoms with E-state index < -0.39 is 18.0 Å². The monoisotopic (exact) mass is 510 g/mol. The number of aliphatic imine (C=N–C) groups is 1. The molecule has 1 rings (SSSR count). The van der Waals surface area contributed by atoms with Crippen molar-refractivity contribution in [3.8, 4) is 0 Å². The van der Waals surface area contributed by atoms with E-state index in [1.54, 1.807) is 0 Å². The van der Waals surface area contributed by atoms with Gasteiger partial charge in [-0.3, -0.25) is 4.79 Å². The highest BCUT2D eigenvalue weighted by atomic mass is 16.4. The standard InChI is InChI=1S/C29H58N4O3/c1-4-7-8-9-10-11-12-13-14-15-16-17-18-19-20-32-26(22(5-2)6-3)25-24(33-29(30)31)21-23(27(25)34)28(35)36/h22-27,32,34H,4-21H2,1-3H3,(H,35,36)(H4,30,31,33)/t23-,24+,25-,26-,27+/m0/s1. The van der Waals surface area contributed by atoms with Gasteiger partial charge in [0.1, 0.15) is 0 Å². The number of aliphatic carboxylic acids is 1. The van der Waals surface area contributed by atoms with Gasteiger partial charge in [-0.15, -0.1) is 0 Å². The Kier molecular flexibility index (Phi) is 17.9. The van der Waals surface area contributed by atoms with Crippen molar-refractivity contribution in [2.75, 3.05) is 6.54 Å². The molecule has 1 aliphatic carbocycles. The minimum absolute atomic E-state index is 0.00516. The van der Waals surface area contributed by atoms with E-state index in [1.165, 1.54) is 83.5 Å². The van der Waals surface area contributed by atoms with Crippen molar-refractivity contribution >= 4 is 11.9 Å². The molecule has 0 bridgehead atoms. The largest absolute Gasteiger partial charge is 0.481 e. The second kappa shape index (κ2) is 19.7. The zero-order valence-electron chi connectivity index (χ0n) is 23.6. The van der Waals surface area contributed by atoms with E-state index in [-0.39, 0.29) is 30.4 Å². The number of nitrogens with one attached hydrogen (secondary N) is 1. The van der Waals surface area contributed by atoms with Gasteiger partial charge in [0.15, 0.2) is 5.96 Å². The van der Waals surface area contributed by atoms with Crippen molar-refractivity contribution in [1.82, 2.24) is 5.32 Å². The van der Waals surface area contributed by atoms with Crippen LogP contribution >= 0.6 is 0 Å². The molecule has 0 saturated heterocycles. The van der Waals surface area contributed by atoms with Crippen molar-refractivity contribution in [3.63, 3.8) is 0 Å².